The Morgan fingerprint density at radius 1 is 1.09 bits per heavy atom. The van der Waals surface area contributed by atoms with Crippen LogP contribution in [-0.2, 0) is 4.79 Å². The van der Waals surface area contributed by atoms with E-state index in [0.717, 1.165) is 49.7 Å². The van der Waals surface area contributed by atoms with Gasteiger partial charge in [-0.25, -0.2) is 4.98 Å². The van der Waals surface area contributed by atoms with Crippen molar-refractivity contribution in [3.05, 3.63) is 42.1 Å². The Morgan fingerprint density at radius 2 is 1.88 bits per heavy atom. The summed E-state index contributed by atoms with van der Waals surface area (Å²) in [7, 11) is 3.89. The minimum atomic E-state index is -0.244. The van der Waals surface area contributed by atoms with Crippen molar-refractivity contribution in [3.8, 4) is 0 Å². The van der Waals surface area contributed by atoms with Crippen molar-refractivity contribution in [3.63, 3.8) is 0 Å². The monoisotopic (exact) mass is 450 g/mol. The number of rotatable bonds is 4. The number of aromatic nitrogens is 1. The fourth-order valence-corrected chi connectivity index (χ4v) is 4.73. The first-order valence-electron chi connectivity index (χ1n) is 11.7. The van der Waals surface area contributed by atoms with Crippen LogP contribution in [-0.4, -0.2) is 79.0 Å². The summed E-state index contributed by atoms with van der Waals surface area (Å²) >= 11 is 0. The lowest BCUT2D eigenvalue weighted by Gasteiger charge is -2.42. The third kappa shape index (κ3) is 4.66. The Hall–Kier alpha value is -3.13. The number of nitrogens with zero attached hydrogens (tertiary/aromatic N) is 5. The molecule has 2 amide bonds. The first-order chi connectivity index (χ1) is 15.8. The van der Waals surface area contributed by atoms with Crippen LogP contribution in [0.4, 0.5) is 22.9 Å². The average Bonchev–Trinajstić information content (AvgIpc) is 3.01. The van der Waals surface area contributed by atoms with Gasteiger partial charge in [-0.15, -0.1) is 0 Å². The molecule has 1 N–H and O–H groups in total. The minimum Gasteiger partial charge on any atom is -0.355 e. The Labute approximate surface area is 196 Å². The number of carbonyl (C=O) groups is 2. The topological polar surface area (TPSA) is 72.0 Å². The van der Waals surface area contributed by atoms with Crippen LogP contribution in [0.25, 0.3) is 0 Å². The molecule has 2 aromatic rings. The molecule has 4 rings (SSSR count). The molecule has 1 saturated heterocycles. The van der Waals surface area contributed by atoms with Crippen molar-refractivity contribution in [2.75, 3.05) is 55.4 Å². The highest BCUT2D eigenvalue weighted by atomic mass is 16.2. The predicted octanol–water partition coefficient (Wildman–Crippen LogP) is 3.18. The average molecular weight is 451 g/mol. The Balaban J connectivity index is 1.57. The van der Waals surface area contributed by atoms with E-state index in [2.05, 4.69) is 41.0 Å². The van der Waals surface area contributed by atoms with Crippen LogP contribution >= 0.6 is 0 Å². The normalized spacial score (nSPS) is 19.5. The maximum atomic E-state index is 13.1. The van der Waals surface area contributed by atoms with E-state index in [1.54, 1.807) is 18.1 Å². The lowest BCUT2D eigenvalue weighted by molar-refractivity contribution is -0.119. The van der Waals surface area contributed by atoms with Crippen molar-refractivity contribution in [2.45, 2.75) is 39.3 Å². The van der Waals surface area contributed by atoms with Crippen LogP contribution in [0.5, 0.6) is 0 Å². The van der Waals surface area contributed by atoms with Gasteiger partial charge in [0.15, 0.2) is 0 Å². The van der Waals surface area contributed by atoms with Crippen LogP contribution in [0.15, 0.2) is 36.5 Å². The molecular weight excluding hydrogens is 416 g/mol. The van der Waals surface area contributed by atoms with E-state index in [1.807, 2.05) is 42.2 Å². The zero-order valence-corrected chi connectivity index (χ0v) is 20.2. The fourth-order valence-electron chi connectivity index (χ4n) is 4.73. The largest absolute Gasteiger partial charge is 0.355 e. The van der Waals surface area contributed by atoms with Gasteiger partial charge in [0.25, 0.3) is 5.91 Å². The lowest BCUT2D eigenvalue weighted by atomic mass is 10.1. The fraction of sp³-hybridized carbons (Fsp3) is 0.480. The molecule has 1 unspecified atom stereocenters. The second kappa shape index (κ2) is 9.39. The number of pyridine rings is 1. The standard InChI is InChI=1S/C25H34N6O2/c1-17(2)31-18(3)24(32)29(5)22-16-26-23(15-21(22)31)27-20-9-6-8-19(14-20)25(33)30-11-7-10-28(4)12-13-30/h6,8-9,14-18H,7,10-13H2,1-5H3,(H,26,27). The third-order valence-electron chi connectivity index (χ3n) is 6.55. The number of nitrogens with one attached hydrogen (secondary N) is 1. The van der Waals surface area contributed by atoms with Crippen LogP contribution in [0.3, 0.4) is 0 Å². The summed E-state index contributed by atoms with van der Waals surface area (Å²) in [6.45, 7) is 9.54. The lowest BCUT2D eigenvalue weighted by Crippen LogP contribution is -2.53. The number of fused-ring (bicyclic) bond motifs is 1. The summed E-state index contributed by atoms with van der Waals surface area (Å²) in [6.07, 6.45) is 2.72. The quantitative estimate of drug-likeness (QED) is 0.772. The Bertz CT molecular complexity index is 1040. The number of hydrogen-bond donors (Lipinski definition) is 1. The van der Waals surface area contributed by atoms with Gasteiger partial charge in [0, 0.05) is 50.0 Å². The van der Waals surface area contributed by atoms with Crippen molar-refractivity contribution < 1.29 is 9.59 Å². The molecule has 0 bridgehead atoms. The minimum absolute atomic E-state index is 0.0598. The smallest absolute Gasteiger partial charge is 0.253 e. The van der Waals surface area contributed by atoms with Crippen LogP contribution in [0.2, 0.25) is 0 Å². The zero-order chi connectivity index (χ0) is 23.7. The molecule has 0 aliphatic carbocycles. The van der Waals surface area contributed by atoms with Gasteiger partial charge in [0.05, 0.1) is 17.6 Å². The number of benzene rings is 1. The van der Waals surface area contributed by atoms with Crippen molar-refractivity contribution >= 4 is 34.7 Å². The van der Waals surface area contributed by atoms with E-state index in [4.69, 9.17) is 0 Å². The van der Waals surface area contributed by atoms with E-state index in [0.29, 0.717) is 11.4 Å². The molecule has 33 heavy (non-hydrogen) atoms. The third-order valence-corrected chi connectivity index (χ3v) is 6.55. The molecule has 2 aliphatic heterocycles. The SMILES string of the molecule is CC(C)N1c2cc(Nc3cccc(C(=O)N4CCCN(C)CC4)c3)ncc2N(C)C(=O)C1C. The predicted molar refractivity (Wildman–Crippen MR) is 132 cm³/mol. The molecule has 8 nitrogen and oxygen atoms in total. The van der Waals surface area contributed by atoms with E-state index in [1.165, 1.54) is 0 Å². The van der Waals surface area contributed by atoms with Crippen molar-refractivity contribution in [1.82, 2.24) is 14.8 Å². The highest BCUT2D eigenvalue weighted by molar-refractivity contribution is 6.05. The maximum Gasteiger partial charge on any atom is 0.253 e. The molecule has 2 aliphatic rings. The molecule has 3 heterocycles. The van der Waals surface area contributed by atoms with Crippen LogP contribution < -0.4 is 15.1 Å². The highest BCUT2D eigenvalue weighted by Crippen LogP contribution is 2.38. The van der Waals surface area contributed by atoms with Gasteiger partial charge in [0.2, 0.25) is 5.91 Å². The van der Waals surface area contributed by atoms with Gasteiger partial charge in [-0.05, 0) is 59.0 Å². The van der Waals surface area contributed by atoms with Gasteiger partial charge >= 0.3 is 0 Å². The summed E-state index contributed by atoms with van der Waals surface area (Å²) in [5.74, 6) is 0.798. The van der Waals surface area contributed by atoms with Gasteiger partial charge in [0.1, 0.15) is 11.9 Å². The Kier molecular flexibility index (Phi) is 6.56. The van der Waals surface area contributed by atoms with E-state index >= 15 is 0 Å². The summed E-state index contributed by atoms with van der Waals surface area (Å²) < 4.78 is 0. The maximum absolute atomic E-state index is 13.1. The first-order valence-corrected chi connectivity index (χ1v) is 11.7. The Morgan fingerprint density at radius 3 is 2.64 bits per heavy atom. The second-order valence-corrected chi connectivity index (χ2v) is 9.29. The van der Waals surface area contributed by atoms with E-state index < -0.39 is 0 Å². The number of amides is 2. The van der Waals surface area contributed by atoms with E-state index in [9.17, 15) is 9.59 Å². The summed E-state index contributed by atoms with van der Waals surface area (Å²) in [4.78, 5) is 38.3. The molecule has 176 valence electrons. The molecule has 1 atom stereocenters. The molecule has 1 fully saturated rings. The molecule has 1 aromatic heterocycles. The van der Waals surface area contributed by atoms with E-state index in [-0.39, 0.29) is 23.9 Å². The van der Waals surface area contributed by atoms with Crippen LogP contribution in [0, 0.1) is 0 Å². The summed E-state index contributed by atoms with van der Waals surface area (Å²) in [5.41, 5.74) is 3.25. The molecular formula is C25H34N6O2. The first kappa shape index (κ1) is 23.0. The molecule has 0 spiro atoms. The van der Waals surface area contributed by atoms with Crippen LogP contribution in [0.1, 0.15) is 37.6 Å². The summed E-state index contributed by atoms with van der Waals surface area (Å²) in [6, 6.07) is 9.49. The highest BCUT2D eigenvalue weighted by Gasteiger charge is 2.35. The zero-order valence-electron chi connectivity index (χ0n) is 20.2. The number of hydrogen-bond acceptors (Lipinski definition) is 6. The molecule has 1 aromatic carbocycles. The number of anilines is 4. The molecule has 0 radical (unpaired) electrons. The number of likely N-dealkylation sites (N-methyl/N-ethyl adjacent to an activating group) is 2. The van der Waals surface area contributed by atoms with Crippen molar-refractivity contribution in [2.24, 2.45) is 0 Å². The molecule has 0 saturated carbocycles. The van der Waals surface area contributed by atoms with Gasteiger partial charge in [-0.2, -0.15) is 0 Å². The number of carbonyl (C=O) groups excluding carboxylic acids is 2. The summed E-state index contributed by atoms with van der Waals surface area (Å²) in [5, 5.41) is 3.35. The van der Waals surface area contributed by atoms with Gasteiger partial charge in [-0.1, -0.05) is 6.07 Å². The van der Waals surface area contributed by atoms with Gasteiger partial charge in [-0.3, -0.25) is 9.59 Å². The molecule has 8 heteroatoms. The van der Waals surface area contributed by atoms with Gasteiger partial charge < -0.3 is 24.9 Å². The second-order valence-electron chi connectivity index (χ2n) is 9.29. The van der Waals surface area contributed by atoms with Crippen molar-refractivity contribution in [1.29, 1.82) is 0 Å².